The molecule has 1 unspecified atom stereocenters. The van der Waals surface area contributed by atoms with Crippen LogP contribution < -0.4 is 5.32 Å². The molecule has 0 aromatic heterocycles. The predicted molar refractivity (Wildman–Crippen MR) is 77.6 cm³/mol. The van der Waals surface area contributed by atoms with Gasteiger partial charge in [-0.25, -0.2) is 4.79 Å². The van der Waals surface area contributed by atoms with Crippen molar-refractivity contribution in [3.8, 4) is 0 Å². The van der Waals surface area contributed by atoms with Crippen molar-refractivity contribution in [2.24, 2.45) is 5.92 Å². The summed E-state index contributed by atoms with van der Waals surface area (Å²) in [6, 6.07) is 6.91. The number of carboxylic acids is 1. The number of hydrogen-bond donors (Lipinski definition) is 2. The molecule has 19 heavy (non-hydrogen) atoms. The van der Waals surface area contributed by atoms with Gasteiger partial charge in [-0.3, -0.25) is 0 Å². The van der Waals surface area contributed by atoms with Crippen LogP contribution in [0, 0.1) is 5.92 Å². The van der Waals surface area contributed by atoms with Gasteiger partial charge in [0.2, 0.25) is 0 Å². The van der Waals surface area contributed by atoms with Crippen LogP contribution in [0.3, 0.4) is 0 Å². The molecule has 0 saturated carbocycles. The highest BCUT2D eigenvalue weighted by atomic mass is 16.4. The van der Waals surface area contributed by atoms with Crippen LogP contribution in [0.4, 0.5) is 5.69 Å². The third-order valence-corrected chi connectivity index (χ3v) is 3.57. The normalized spacial score (nSPS) is 18.2. The largest absolute Gasteiger partial charge is 0.478 e. The number of aromatic carboxylic acids is 1. The SMILES string of the molecule is O=C(O)c1ccc(NCCCC2C=CCCC2)cc1. The zero-order valence-corrected chi connectivity index (χ0v) is 11.1. The van der Waals surface area contributed by atoms with E-state index < -0.39 is 5.97 Å². The minimum Gasteiger partial charge on any atom is -0.478 e. The van der Waals surface area contributed by atoms with E-state index in [4.69, 9.17) is 5.11 Å². The van der Waals surface area contributed by atoms with Crippen LogP contribution in [0.5, 0.6) is 0 Å². The lowest BCUT2D eigenvalue weighted by atomic mass is 9.92. The number of benzene rings is 1. The van der Waals surface area contributed by atoms with Crippen LogP contribution in [0.15, 0.2) is 36.4 Å². The van der Waals surface area contributed by atoms with Crippen LogP contribution in [0.25, 0.3) is 0 Å². The fourth-order valence-corrected chi connectivity index (χ4v) is 2.45. The predicted octanol–water partition coefficient (Wildman–Crippen LogP) is 3.93. The molecular formula is C16H21NO2. The first kappa shape index (κ1) is 13.7. The summed E-state index contributed by atoms with van der Waals surface area (Å²) in [5.74, 6) is -0.124. The molecule has 1 aromatic rings. The lowest BCUT2D eigenvalue weighted by molar-refractivity contribution is 0.0697. The first-order valence-electron chi connectivity index (χ1n) is 6.99. The third kappa shape index (κ3) is 4.43. The first-order chi connectivity index (χ1) is 9.25. The molecule has 0 heterocycles. The van der Waals surface area contributed by atoms with Gasteiger partial charge in [-0.05, 0) is 62.3 Å². The van der Waals surface area contributed by atoms with Gasteiger partial charge >= 0.3 is 5.97 Å². The fourth-order valence-electron chi connectivity index (χ4n) is 2.45. The molecule has 1 aliphatic carbocycles. The van der Waals surface area contributed by atoms with Crippen LogP contribution in [0.1, 0.15) is 42.5 Å². The zero-order valence-electron chi connectivity index (χ0n) is 11.1. The zero-order chi connectivity index (χ0) is 13.5. The second-order valence-corrected chi connectivity index (χ2v) is 5.07. The van der Waals surface area contributed by atoms with E-state index in [0.717, 1.165) is 24.6 Å². The van der Waals surface area contributed by atoms with E-state index >= 15 is 0 Å². The van der Waals surface area contributed by atoms with E-state index in [9.17, 15) is 4.79 Å². The quantitative estimate of drug-likeness (QED) is 0.601. The number of rotatable bonds is 6. The summed E-state index contributed by atoms with van der Waals surface area (Å²) in [6.45, 7) is 0.941. The Hall–Kier alpha value is -1.77. The summed E-state index contributed by atoms with van der Waals surface area (Å²) in [4.78, 5) is 10.7. The van der Waals surface area contributed by atoms with Gasteiger partial charge in [0, 0.05) is 12.2 Å². The molecule has 0 bridgehead atoms. The molecular weight excluding hydrogens is 238 g/mol. The van der Waals surface area contributed by atoms with Gasteiger partial charge in [0.05, 0.1) is 5.56 Å². The standard InChI is InChI=1S/C16H21NO2/c18-16(19)14-8-10-15(11-9-14)17-12-4-7-13-5-2-1-3-6-13/h2,5,8-11,13,17H,1,3-4,6-7,12H2,(H,18,19). The van der Waals surface area contributed by atoms with Gasteiger partial charge in [0.15, 0.2) is 0 Å². The molecule has 3 heteroatoms. The second-order valence-electron chi connectivity index (χ2n) is 5.07. The highest BCUT2D eigenvalue weighted by Crippen LogP contribution is 2.21. The van der Waals surface area contributed by atoms with Crippen molar-refractivity contribution in [2.75, 3.05) is 11.9 Å². The van der Waals surface area contributed by atoms with Crippen molar-refractivity contribution in [3.63, 3.8) is 0 Å². The third-order valence-electron chi connectivity index (χ3n) is 3.57. The van der Waals surface area contributed by atoms with Crippen molar-refractivity contribution in [1.29, 1.82) is 0 Å². The van der Waals surface area contributed by atoms with Gasteiger partial charge in [0.1, 0.15) is 0 Å². The van der Waals surface area contributed by atoms with Crippen molar-refractivity contribution >= 4 is 11.7 Å². The number of allylic oxidation sites excluding steroid dienone is 2. The molecule has 3 nitrogen and oxygen atoms in total. The smallest absolute Gasteiger partial charge is 0.335 e. The van der Waals surface area contributed by atoms with Crippen molar-refractivity contribution in [3.05, 3.63) is 42.0 Å². The van der Waals surface area contributed by atoms with Gasteiger partial charge in [-0.1, -0.05) is 12.2 Å². The molecule has 2 rings (SSSR count). The average Bonchev–Trinajstić information content (AvgIpc) is 2.45. The first-order valence-corrected chi connectivity index (χ1v) is 6.99. The average molecular weight is 259 g/mol. The van der Waals surface area contributed by atoms with E-state index in [1.54, 1.807) is 12.1 Å². The molecule has 0 saturated heterocycles. The summed E-state index contributed by atoms with van der Waals surface area (Å²) < 4.78 is 0. The van der Waals surface area contributed by atoms with Crippen molar-refractivity contribution in [1.82, 2.24) is 0 Å². The van der Waals surface area contributed by atoms with Gasteiger partial charge in [0.25, 0.3) is 0 Å². The Morgan fingerprint density at radius 3 is 2.74 bits per heavy atom. The van der Waals surface area contributed by atoms with Gasteiger partial charge < -0.3 is 10.4 Å². The summed E-state index contributed by atoms with van der Waals surface area (Å²) in [6.07, 6.45) is 10.9. The number of carboxylic acid groups (broad SMARTS) is 1. The molecule has 1 aliphatic rings. The molecule has 0 amide bonds. The van der Waals surface area contributed by atoms with E-state index in [0.29, 0.717) is 5.56 Å². The molecule has 0 fully saturated rings. The monoisotopic (exact) mass is 259 g/mol. The minimum atomic E-state index is -0.879. The van der Waals surface area contributed by atoms with E-state index in [1.807, 2.05) is 12.1 Å². The van der Waals surface area contributed by atoms with Gasteiger partial charge in [-0.15, -0.1) is 0 Å². The fraction of sp³-hybridized carbons (Fsp3) is 0.438. The maximum atomic E-state index is 10.7. The van der Waals surface area contributed by atoms with Gasteiger partial charge in [-0.2, -0.15) is 0 Å². The highest BCUT2D eigenvalue weighted by Gasteiger charge is 2.07. The molecule has 0 radical (unpaired) electrons. The molecule has 1 atom stereocenters. The van der Waals surface area contributed by atoms with Crippen LogP contribution in [0.2, 0.25) is 0 Å². The highest BCUT2D eigenvalue weighted by molar-refractivity contribution is 5.87. The Labute approximate surface area is 114 Å². The summed E-state index contributed by atoms with van der Waals surface area (Å²) >= 11 is 0. The molecule has 0 spiro atoms. The van der Waals surface area contributed by atoms with Crippen molar-refractivity contribution in [2.45, 2.75) is 32.1 Å². The molecule has 1 aromatic carbocycles. The number of anilines is 1. The van der Waals surface area contributed by atoms with E-state index in [2.05, 4.69) is 17.5 Å². The topological polar surface area (TPSA) is 49.3 Å². The number of nitrogens with one attached hydrogen (secondary N) is 1. The number of hydrogen-bond acceptors (Lipinski definition) is 2. The molecule has 0 aliphatic heterocycles. The Kier molecular flexibility index (Phi) is 5.01. The van der Waals surface area contributed by atoms with Crippen LogP contribution >= 0.6 is 0 Å². The van der Waals surface area contributed by atoms with Crippen LogP contribution in [-0.4, -0.2) is 17.6 Å². The summed E-state index contributed by atoms with van der Waals surface area (Å²) in [5.41, 5.74) is 1.32. The molecule has 102 valence electrons. The Bertz CT molecular complexity index is 437. The van der Waals surface area contributed by atoms with E-state index in [1.165, 1.54) is 25.7 Å². The van der Waals surface area contributed by atoms with Crippen molar-refractivity contribution < 1.29 is 9.90 Å². The van der Waals surface area contributed by atoms with E-state index in [-0.39, 0.29) is 0 Å². The summed E-state index contributed by atoms with van der Waals surface area (Å²) in [5, 5.41) is 12.1. The maximum absolute atomic E-state index is 10.7. The number of carbonyl (C=O) groups is 1. The maximum Gasteiger partial charge on any atom is 0.335 e. The lowest BCUT2D eigenvalue weighted by Crippen LogP contribution is -2.06. The second kappa shape index (κ2) is 6.98. The molecule has 2 N–H and O–H groups in total. The Balaban J connectivity index is 1.69. The van der Waals surface area contributed by atoms with Crippen LogP contribution in [-0.2, 0) is 0 Å². The Morgan fingerprint density at radius 1 is 1.32 bits per heavy atom. The lowest BCUT2D eigenvalue weighted by Gasteiger charge is -2.16. The summed E-state index contributed by atoms with van der Waals surface area (Å²) in [7, 11) is 0. The minimum absolute atomic E-state index is 0.331. The Morgan fingerprint density at radius 2 is 2.11 bits per heavy atom.